The van der Waals surface area contributed by atoms with Crippen molar-refractivity contribution in [3.8, 4) is 6.07 Å². The first kappa shape index (κ1) is 11.2. The molecule has 1 unspecified atom stereocenters. The molecule has 1 aromatic rings. The zero-order chi connectivity index (χ0) is 10.8. The van der Waals surface area contributed by atoms with E-state index in [-0.39, 0.29) is 5.78 Å². The van der Waals surface area contributed by atoms with E-state index in [1.54, 1.807) is 13.0 Å². The van der Waals surface area contributed by atoms with E-state index < -0.39 is 5.41 Å². The Kier molecular flexibility index (Phi) is 3.30. The van der Waals surface area contributed by atoms with Gasteiger partial charge in [-0.1, -0.05) is 11.6 Å². The third-order valence-corrected chi connectivity index (χ3v) is 3.34. The average molecular weight is 228 g/mol. The highest BCUT2D eigenvalue weighted by molar-refractivity contribution is 7.14. The van der Waals surface area contributed by atoms with Crippen molar-refractivity contribution in [2.45, 2.75) is 20.3 Å². The van der Waals surface area contributed by atoms with E-state index in [9.17, 15) is 4.79 Å². The summed E-state index contributed by atoms with van der Waals surface area (Å²) in [7, 11) is 0. The second-order valence-corrected chi connectivity index (χ2v) is 4.98. The van der Waals surface area contributed by atoms with Crippen LogP contribution in [0.25, 0.3) is 0 Å². The number of ketones is 1. The minimum Gasteiger partial charge on any atom is -0.298 e. The molecule has 1 aromatic heterocycles. The Labute approximate surface area is 92.1 Å². The third kappa shape index (κ3) is 2.34. The summed E-state index contributed by atoms with van der Waals surface area (Å²) in [6.07, 6.45) is 0.433. The second kappa shape index (κ2) is 4.12. The van der Waals surface area contributed by atoms with Crippen LogP contribution in [-0.4, -0.2) is 5.78 Å². The molecule has 0 aromatic carbocycles. The van der Waals surface area contributed by atoms with E-state index >= 15 is 0 Å². The zero-order valence-electron chi connectivity index (χ0n) is 8.00. The Bertz CT molecular complexity index is 393. The van der Waals surface area contributed by atoms with Crippen LogP contribution < -0.4 is 0 Å². The Morgan fingerprint density at radius 3 is 2.79 bits per heavy atom. The number of rotatable bonds is 3. The quantitative estimate of drug-likeness (QED) is 0.796. The van der Waals surface area contributed by atoms with Gasteiger partial charge in [-0.15, -0.1) is 11.3 Å². The van der Waals surface area contributed by atoms with Gasteiger partial charge in [0.15, 0.2) is 0 Å². The van der Waals surface area contributed by atoms with E-state index in [1.165, 1.54) is 18.3 Å². The smallest absolute Gasteiger partial charge is 0.150 e. The predicted octanol–water partition coefficient (Wildman–Crippen LogP) is 3.06. The van der Waals surface area contributed by atoms with Crippen LogP contribution in [0, 0.1) is 16.7 Å². The molecule has 4 heteroatoms. The fourth-order valence-corrected chi connectivity index (χ4v) is 2.00. The second-order valence-electron chi connectivity index (χ2n) is 3.44. The Hall–Kier alpha value is -0.850. The van der Waals surface area contributed by atoms with E-state index in [0.717, 1.165) is 5.56 Å². The molecule has 0 aliphatic carbocycles. The number of carbonyl (C=O) groups excluding carboxylic acids is 1. The van der Waals surface area contributed by atoms with Crippen molar-refractivity contribution >= 4 is 28.7 Å². The highest BCUT2D eigenvalue weighted by Gasteiger charge is 2.30. The van der Waals surface area contributed by atoms with Gasteiger partial charge >= 0.3 is 0 Å². The lowest BCUT2D eigenvalue weighted by Crippen LogP contribution is -2.25. The molecule has 1 rings (SSSR count). The van der Waals surface area contributed by atoms with Crippen LogP contribution in [0.3, 0.4) is 0 Å². The van der Waals surface area contributed by atoms with Crippen LogP contribution in [-0.2, 0) is 11.2 Å². The van der Waals surface area contributed by atoms with E-state index in [0.29, 0.717) is 10.8 Å². The fourth-order valence-electron chi connectivity index (χ4n) is 1.09. The molecular formula is C10H10ClNOS. The van der Waals surface area contributed by atoms with E-state index in [1.807, 2.05) is 11.4 Å². The number of Topliss-reactive ketones (excluding diaryl/α,β-unsaturated/α-hetero) is 1. The maximum atomic E-state index is 11.3. The molecule has 0 spiro atoms. The molecule has 1 heterocycles. The van der Waals surface area contributed by atoms with Gasteiger partial charge in [-0.3, -0.25) is 4.79 Å². The lowest BCUT2D eigenvalue weighted by Gasteiger charge is -2.16. The largest absolute Gasteiger partial charge is 0.298 e. The standard InChI is InChI=1S/C10H10ClNOS/c1-7(13)10(2,6-12)4-8-3-9(11)14-5-8/h3,5H,4H2,1-2H3. The summed E-state index contributed by atoms with van der Waals surface area (Å²) in [6, 6.07) is 3.84. The number of nitriles is 1. The third-order valence-electron chi connectivity index (χ3n) is 2.20. The first-order valence-corrected chi connectivity index (χ1v) is 5.39. The summed E-state index contributed by atoms with van der Waals surface area (Å²) in [5.74, 6) is -0.109. The molecule has 0 saturated heterocycles. The Morgan fingerprint density at radius 2 is 2.43 bits per heavy atom. The number of halogens is 1. The van der Waals surface area contributed by atoms with Crippen molar-refractivity contribution in [2.24, 2.45) is 5.41 Å². The molecule has 0 amide bonds. The molecule has 0 saturated carbocycles. The molecule has 1 atom stereocenters. The van der Waals surface area contributed by atoms with Gasteiger partial charge < -0.3 is 0 Å². The van der Waals surface area contributed by atoms with Crippen molar-refractivity contribution in [1.82, 2.24) is 0 Å². The molecule has 0 aliphatic heterocycles. The molecule has 74 valence electrons. The van der Waals surface area contributed by atoms with Crippen LogP contribution in [0.5, 0.6) is 0 Å². The SMILES string of the molecule is CC(=O)C(C)(C#N)Cc1csc(Cl)c1. The van der Waals surface area contributed by atoms with Gasteiger partial charge in [-0.2, -0.15) is 5.26 Å². The van der Waals surface area contributed by atoms with Gasteiger partial charge in [0.2, 0.25) is 0 Å². The summed E-state index contributed by atoms with van der Waals surface area (Å²) in [5, 5.41) is 10.8. The highest BCUT2D eigenvalue weighted by atomic mass is 35.5. The molecule has 0 N–H and O–H groups in total. The predicted molar refractivity (Wildman–Crippen MR) is 57.4 cm³/mol. The minimum absolute atomic E-state index is 0.109. The molecule has 0 aliphatic rings. The van der Waals surface area contributed by atoms with Crippen LogP contribution in [0.2, 0.25) is 4.34 Å². The molecule has 0 radical (unpaired) electrons. The topological polar surface area (TPSA) is 40.9 Å². The number of nitrogens with zero attached hydrogens (tertiary/aromatic N) is 1. The fraction of sp³-hybridized carbons (Fsp3) is 0.400. The average Bonchev–Trinajstić information content (AvgIpc) is 2.50. The van der Waals surface area contributed by atoms with Crippen molar-refractivity contribution in [1.29, 1.82) is 5.26 Å². The monoisotopic (exact) mass is 227 g/mol. The van der Waals surface area contributed by atoms with Gasteiger partial charge in [0, 0.05) is 0 Å². The first-order valence-electron chi connectivity index (χ1n) is 4.13. The van der Waals surface area contributed by atoms with E-state index in [2.05, 4.69) is 0 Å². The van der Waals surface area contributed by atoms with Crippen molar-refractivity contribution in [2.75, 3.05) is 0 Å². The molecule has 2 nitrogen and oxygen atoms in total. The number of carbonyl (C=O) groups is 1. The zero-order valence-corrected chi connectivity index (χ0v) is 9.58. The molecule has 0 fully saturated rings. The van der Waals surface area contributed by atoms with Gasteiger partial charge in [-0.05, 0) is 37.3 Å². The van der Waals surface area contributed by atoms with Gasteiger partial charge in [-0.25, -0.2) is 0 Å². The molecular weight excluding hydrogens is 218 g/mol. The number of hydrogen-bond acceptors (Lipinski definition) is 3. The van der Waals surface area contributed by atoms with Gasteiger partial charge in [0.1, 0.15) is 11.2 Å². The van der Waals surface area contributed by atoms with Crippen LogP contribution >= 0.6 is 22.9 Å². The van der Waals surface area contributed by atoms with Crippen LogP contribution in [0.4, 0.5) is 0 Å². The maximum Gasteiger partial charge on any atom is 0.150 e. The normalized spacial score (nSPS) is 14.4. The van der Waals surface area contributed by atoms with Gasteiger partial charge in [0.05, 0.1) is 10.4 Å². The number of thiophene rings is 1. The summed E-state index contributed by atoms with van der Waals surface area (Å²) >= 11 is 7.17. The lowest BCUT2D eigenvalue weighted by atomic mass is 9.82. The molecule has 14 heavy (non-hydrogen) atoms. The minimum atomic E-state index is -0.926. The number of hydrogen-bond donors (Lipinski definition) is 0. The highest BCUT2D eigenvalue weighted by Crippen LogP contribution is 2.27. The van der Waals surface area contributed by atoms with Crippen LogP contribution in [0.1, 0.15) is 19.4 Å². The summed E-state index contributed by atoms with van der Waals surface area (Å²) in [4.78, 5) is 11.3. The van der Waals surface area contributed by atoms with Crippen molar-refractivity contribution < 1.29 is 4.79 Å². The maximum absolute atomic E-state index is 11.3. The Morgan fingerprint density at radius 1 is 1.79 bits per heavy atom. The Balaban J connectivity index is 2.87. The summed E-state index contributed by atoms with van der Waals surface area (Å²) in [6.45, 7) is 3.10. The molecule has 0 bridgehead atoms. The lowest BCUT2D eigenvalue weighted by molar-refractivity contribution is -0.123. The van der Waals surface area contributed by atoms with Gasteiger partial charge in [0.25, 0.3) is 0 Å². The van der Waals surface area contributed by atoms with Crippen molar-refractivity contribution in [3.63, 3.8) is 0 Å². The first-order chi connectivity index (χ1) is 6.48. The van der Waals surface area contributed by atoms with Crippen LogP contribution in [0.15, 0.2) is 11.4 Å². The van der Waals surface area contributed by atoms with Crippen molar-refractivity contribution in [3.05, 3.63) is 21.3 Å². The summed E-state index contributed by atoms with van der Waals surface area (Å²) in [5.41, 5.74) is 0.0176. The van der Waals surface area contributed by atoms with E-state index in [4.69, 9.17) is 16.9 Å². The summed E-state index contributed by atoms with van der Waals surface area (Å²) < 4.78 is 0.684.